The lowest BCUT2D eigenvalue weighted by Gasteiger charge is -2.23. The van der Waals surface area contributed by atoms with Gasteiger partial charge in [-0.3, -0.25) is 0 Å². The van der Waals surface area contributed by atoms with E-state index in [2.05, 4.69) is 37.1 Å². The Morgan fingerprint density at radius 2 is 2.31 bits per heavy atom. The highest BCUT2D eigenvalue weighted by Gasteiger charge is 2.07. The first kappa shape index (κ1) is 10.4. The number of allylic oxidation sites excluding steroid dienone is 1. The molecule has 0 saturated carbocycles. The molecule has 0 unspecified atom stereocenters. The molecule has 0 radical (unpaired) electrons. The molecule has 0 saturated heterocycles. The van der Waals surface area contributed by atoms with Crippen molar-refractivity contribution in [2.75, 3.05) is 40.8 Å². The SMILES string of the molecule is CN(C)CCCC1=CN(C)CCO1. The topological polar surface area (TPSA) is 15.7 Å². The molecule has 0 bridgehead atoms. The number of rotatable bonds is 4. The largest absolute Gasteiger partial charge is 0.495 e. The first-order valence-corrected chi connectivity index (χ1v) is 4.87. The second-order valence-electron chi connectivity index (χ2n) is 3.83. The fourth-order valence-electron chi connectivity index (χ4n) is 1.37. The Balaban J connectivity index is 2.20. The van der Waals surface area contributed by atoms with Crippen LogP contribution >= 0.6 is 0 Å². The van der Waals surface area contributed by atoms with E-state index in [9.17, 15) is 0 Å². The van der Waals surface area contributed by atoms with E-state index in [1.54, 1.807) is 0 Å². The predicted molar refractivity (Wildman–Crippen MR) is 54.5 cm³/mol. The highest BCUT2D eigenvalue weighted by molar-refractivity contribution is 4.95. The smallest absolute Gasteiger partial charge is 0.112 e. The minimum absolute atomic E-state index is 0.838. The van der Waals surface area contributed by atoms with Crippen molar-refractivity contribution in [3.8, 4) is 0 Å². The van der Waals surface area contributed by atoms with Crippen molar-refractivity contribution in [3.63, 3.8) is 0 Å². The number of nitrogens with zero attached hydrogens (tertiary/aromatic N) is 2. The molecule has 1 aliphatic heterocycles. The summed E-state index contributed by atoms with van der Waals surface area (Å²) >= 11 is 0. The monoisotopic (exact) mass is 184 g/mol. The molecular formula is C10H20N2O. The van der Waals surface area contributed by atoms with Crippen LogP contribution in [0.3, 0.4) is 0 Å². The summed E-state index contributed by atoms with van der Waals surface area (Å²) in [6, 6.07) is 0. The van der Waals surface area contributed by atoms with E-state index in [1.165, 1.54) is 6.42 Å². The minimum Gasteiger partial charge on any atom is -0.495 e. The summed E-state index contributed by atoms with van der Waals surface area (Å²) in [7, 11) is 6.29. The lowest BCUT2D eigenvalue weighted by atomic mass is 10.2. The van der Waals surface area contributed by atoms with Gasteiger partial charge in [0.15, 0.2) is 0 Å². The minimum atomic E-state index is 0.838. The maximum atomic E-state index is 5.53. The zero-order valence-corrected chi connectivity index (χ0v) is 8.92. The van der Waals surface area contributed by atoms with Gasteiger partial charge in [-0.1, -0.05) is 0 Å². The van der Waals surface area contributed by atoms with Crippen molar-refractivity contribution in [3.05, 3.63) is 12.0 Å². The summed E-state index contributed by atoms with van der Waals surface area (Å²) in [4.78, 5) is 4.39. The standard InChI is InChI=1S/C10H20N2O/c1-11(2)6-4-5-10-9-12(3)7-8-13-10/h9H,4-8H2,1-3H3. The van der Waals surface area contributed by atoms with Gasteiger partial charge in [0, 0.05) is 19.7 Å². The fraction of sp³-hybridized carbons (Fsp3) is 0.800. The lowest BCUT2D eigenvalue weighted by Crippen LogP contribution is -2.23. The van der Waals surface area contributed by atoms with Gasteiger partial charge in [0.2, 0.25) is 0 Å². The van der Waals surface area contributed by atoms with E-state index >= 15 is 0 Å². The Bertz CT molecular complexity index is 178. The molecule has 0 aromatic rings. The molecule has 0 aromatic heterocycles. The molecule has 0 N–H and O–H groups in total. The van der Waals surface area contributed by atoms with Crippen molar-refractivity contribution in [2.24, 2.45) is 0 Å². The third-order valence-corrected chi connectivity index (χ3v) is 2.12. The molecular weight excluding hydrogens is 164 g/mol. The van der Waals surface area contributed by atoms with E-state index < -0.39 is 0 Å². The quantitative estimate of drug-likeness (QED) is 0.651. The Labute approximate surface area is 81.0 Å². The summed E-state index contributed by atoms with van der Waals surface area (Å²) < 4.78 is 5.53. The molecule has 0 spiro atoms. The highest BCUT2D eigenvalue weighted by atomic mass is 16.5. The van der Waals surface area contributed by atoms with E-state index in [1.807, 2.05) is 0 Å². The van der Waals surface area contributed by atoms with Gasteiger partial charge in [0.25, 0.3) is 0 Å². The molecule has 13 heavy (non-hydrogen) atoms. The second kappa shape index (κ2) is 5.12. The summed E-state index contributed by atoms with van der Waals surface area (Å²) in [5, 5.41) is 0. The molecule has 0 aliphatic carbocycles. The van der Waals surface area contributed by atoms with E-state index in [4.69, 9.17) is 4.74 Å². The van der Waals surface area contributed by atoms with Gasteiger partial charge in [-0.15, -0.1) is 0 Å². The molecule has 0 amide bonds. The molecule has 1 heterocycles. The predicted octanol–water partition coefficient (Wildman–Crippen LogP) is 1.13. The zero-order chi connectivity index (χ0) is 9.68. The van der Waals surface area contributed by atoms with Gasteiger partial charge >= 0.3 is 0 Å². The van der Waals surface area contributed by atoms with Gasteiger partial charge in [-0.05, 0) is 27.1 Å². The maximum Gasteiger partial charge on any atom is 0.112 e. The Kier molecular flexibility index (Phi) is 4.09. The van der Waals surface area contributed by atoms with Crippen LogP contribution < -0.4 is 0 Å². The lowest BCUT2D eigenvalue weighted by molar-refractivity contribution is 0.145. The first-order valence-electron chi connectivity index (χ1n) is 4.87. The van der Waals surface area contributed by atoms with Crippen LogP contribution in [0.15, 0.2) is 12.0 Å². The van der Waals surface area contributed by atoms with Gasteiger partial charge in [0.05, 0.1) is 6.54 Å². The van der Waals surface area contributed by atoms with Crippen LogP contribution in [-0.2, 0) is 4.74 Å². The number of ether oxygens (including phenoxy) is 1. The molecule has 0 fully saturated rings. The van der Waals surface area contributed by atoms with Crippen LogP contribution in [0.25, 0.3) is 0 Å². The number of likely N-dealkylation sites (N-methyl/N-ethyl adjacent to an activating group) is 1. The van der Waals surface area contributed by atoms with Crippen LogP contribution in [0.5, 0.6) is 0 Å². The van der Waals surface area contributed by atoms with Gasteiger partial charge in [-0.25, -0.2) is 0 Å². The van der Waals surface area contributed by atoms with Crippen molar-refractivity contribution in [2.45, 2.75) is 12.8 Å². The third kappa shape index (κ3) is 4.18. The number of hydrogen-bond acceptors (Lipinski definition) is 3. The van der Waals surface area contributed by atoms with Crippen LogP contribution in [0.4, 0.5) is 0 Å². The van der Waals surface area contributed by atoms with Crippen LogP contribution in [0.2, 0.25) is 0 Å². The first-order chi connectivity index (χ1) is 6.18. The van der Waals surface area contributed by atoms with Crippen LogP contribution in [0, 0.1) is 0 Å². The summed E-state index contributed by atoms with van der Waals surface area (Å²) in [5.41, 5.74) is 0. The second-order valence-corrected chi connectivity index (χ2v) is 3.83. The van der Waals surface area contributed by atoms with Gasteiger partial charge in [-0.2, -0.15) is 0 Å². The van der Waals surface area contributed by atoms with Gasteiger partial charge < -0.3 is 14.5 Å². The molecule has 0 atom stereocenters. The van der Waals surface area contributed by atoms with Crippen molar-refractivity contribution in [1.82, 2.24) is 9.80 Å². The third-order valence-electron chi connectivity index (χ3n) is 2.12. The average molecular weight is 184 g/mol. The molecule has 76 valence electrons. The Hall–Kier alpha value is -0.700. The Morgan fingerprint density at radius 1 is 1.54 bits per heavy atom. The van der Waals surface area contributed by atoms with E-state index in [0.717, 1.165) is 31.9 Å². The van der Waals surface area contributed by atoms with E-state index in [0.29, 0.717) is 0 Å². The fourth-order valence-corrected chi connectivity index (χ4v) is 1.37. The normalized spacial score (nSPS) is 17.2. The van der Waals surface area contributed by atoms with Gasteiger partial charge in [0.1, 0.15) is 12.4 Å². The average Bonchev–Trinajstić information content (AvgIpc) is 2.03. The number of hydrogen-bond donors (Lipinski definition) is 0. The van der Waals surface area contributed by atoms with Crippen LogP contribution in [-0.4, -0.2) is 50.6 Å². The van der Waals surface area contributed by atoms with E-state index in [-0.39, 0.29) is 0 Å². The maximum absolute atomic E-state index is 5.53. The highest BCUT2D eigenvalue weighted by Crippen LogP contribution is 2.11. The molecule has 3 nitrogen and oxygen atoms in total. The molecule has 1 rings (SSSR count). The van der Waals surface area contributed by atoms with Crippen molar-refractivity contribution >= 4 is 0 Å². The molecule has 0 aromatic carbocycles. The van der Waals surface area contributed by atoms with Crippen LogP contribution in [0.1, 0.15) is 12.8 Å². The summed E-state index contributed by atoms with van der Waals surface area (Å²) in [6.07, 6.45) is 4.34. The Morgan fingerprint density at radius 3 is 2.92 bits per heavy atom. The molecule has 1 aliphatic rings. The van der Waals surface area contributed by atoms with Crippen molar-refractivity contribution < 1.29 is 4.74 Å². The zero-order valence-electron chi connectivity index (χ0n) is 8.92. The molecule has 3 heteroatoms. The summed E-state index contributed by atoms with van der Waals surface area (Å²) in [6.45, 7) is 2.98. The summed E-state index contributed by atoms with van der Waals surface area (Å²) in [5.74, 6) is 1.13. The van der Waals surface area contributed by atoms with Crippen molar-refractivity contribution in [1.29, 1.82) is 0 Å².